The molecule has 0 radical (unpaired) electrons. The van der Waals surface area contributed by atoms with Gasteiger partial charge in [0.1, 0.15) is 0 Å². The van der Waals surface area contributed by atoms with Crippen molar-refractivity contribution in [3.05, 3.63) is 59.7 Å². The van der Waals surface area contributed by atoms with Crippen molar-refractivity contribution in [2.75, 3.05) is 10.6 Å². The summed E-state index contributed by atoms with van der Waals surface area (Å²) in [5.41, 5.74) is 3.71. The number of amides is 2. The molecule has 0 aliphatic heterocycles. The Bertz CT molecular complexity index is 663. The van der Waals surface area contributed by atoms with Gasteiger partial charge in [-0.25, -0.2) is 0 Å². The lowest BCUT2D eigenvalue weighted by molar-refractivity contribution is -0.121. The van der Waals surface area contributed by atoms with Gasteiger partial charge in [-0.05, 0) is 43.7 Å². The lowest BCUT2D eigenvalue weighted by Gasteiger charge is -2.07. The normalized spacial score (nSPS) is 10.1. The fourth-order valence-electron chi connectivity index (χ4n) is 2.03. The Hall–Kier alpha value is -2.62. The molecule has 2 aromatic rings. The molecule has 0 saturated heterocycles. The molecule has 0 fully saturated rings. The lowest BCUT2D eigenvalue weighted by Crippen LogP contribution is -2.17. The van der Waals surface area contributed by atoms with E-state index < -0.39 is 0 Å². The van der Waals surface area contributed by atoms with Gasteiger partial charge in [-0.3, -0.25) is 9.59 Å². The zero-order valence-corrected chi connectivity index (χ0v) is 12.8. The molecule has 2 amide bonds. The van der Waals surface area contributed by atoms with Crippen LogP contribution in [-0.2, 0) is 9.59 Å². The number of benzene rings is 2. The van der Waals surface area contributed by atoms with Crippen molar-refractivity contribution < 1.29 is 9.59 Å². The second-order valence-electron chi connectivity index (χ2n) is 5.33. The van der Waals surface area contributed by atoms with Crippen molar-refractivity contribution in [3.63, 3.8) is 0 Å². The van der Waals surface area contributed by atoms with Crippen LogP contribution in [0, 0.1) is 13.8 Å². The summed E-state index contributed by atoms with van der Waals surface area (Å²) in [6, 6.07) is 15.1. The number of carbonyl (C=O) groups is 2. The highest BCUT2D eigenvalue weighted by Gasteiger charge is 2.07. The first-order chi connectivity index (χ1) is 10.5. The van der Waals surface area contributed by atoms with Gasteiger partial charge in [-0.1, -0.05) is 29.8 Å². The van der Waals surface area contributed by atoms with Gasteiger partial charge in [0.05, 0.1) is 0 Å². The molecule has 0 spiro atoms. The smallest absolute Gasteiger partial charge is 0.224 e. The third-order valence-electron chi connectivity index (χ3n) is 3.22. The molecule has 0 aliphatic carbocycles. The quantitative estimate of drug-likeness (QED) is 0.884. The third kappa shape index (κ3) is 5.05. The molecule has 0 bridgehead atoms. The van der Waals surface area contributed by atoms with Crippen LogP contribution in [0.4, 0.5) is 11.4 Å². The van der Waals surface area contributed by atoms with Crippen molar-refractivity contribution in [2.24, 2.45) is 0 Å². The first-order valence-corrected chi connectivity index (χ1v) is 7.26. The number of nitrogens with one attached hydrogen (secondary N) is 2. The first-order valence-electron chi connectivity index (χ1n) is 7.26. The fourth-order valence-corrected chi connectivity index (χ4v) is 2.03. The van der Waals surface area contributed by atoms with Gasteiger partial charge in [0.25, 0.3) is 0 Å². The molecule has 2 N–H and O–H groups in total. The van der Waals surface area contributed by atoms with E-state index in [-0.39, 0.29) is 24.7 Å². The monoisotopic (exact) mass is 296 g/mol. The van der Waals surface area contributed by atoms with Crippen molar-refractivity contribution in [1.29, 1.82) is 0 Å². The Labute approximate surface area is 130 Å². The molecule has 0 saturated carbocycles. The van der Waals surface area contributed by atoms with E-state index in [4.69, 9.17) is 0 Å². The van der Waals surface area contributed by atoms with E-state index >= 15 is 0 Å². The van der Waals surface area contributed by atoms with E-state index in [9.17, 15) is 9.59 Å². The number of hydrogen-bond donors (Lipinski definition) is 2. The van der Waals surface area contributed by atoms with Gasteiger partial charge in [0, 0.05) is 24.2 Å². The van der Waals surface area contributed by atoms with Crippen molar-refractivity contribution in [3.8, 4) is 0 Å². The number of anilines is 2. The third-order valence-corrected chi connectivity index (χ3v) is 3.22. The summed E-state index contributed by atoms with van der Waals surface area (Å²) in [7, 11) is 0. The first kappa shape index (κ1) is 15.8. The molecule has 2 aromatic carbocycles. The van der Waals surface area contributed by atoms with Gasteiger partial charge in [-0.2, -0.15) is 0 Å². The molecule has 4 heteroatoms. The summed E-state index contributed by atoms with van der Waals surface area (Å²) in [4.78, 5) is 23.7. The fraction of sp³-hybridized carbons (Fsp3) is 0.222. The standard InChI is InChI=1S/C18H20N2O2/c1-13-6-8-15(9-7-13)19-17(21)10-11-18(22)20-16-5-3-4-14(2)12-16/h3-9,12H,10-11H2,1-2H3,(H,19,21)(H,20,22). The molecule has 0 atom stereocenters. The van der Waals surface area contributed by atoms with Gasteiger partial charge in [0.15, 0.2) is 0 Å². The van der Waals surface area contributed by atoms with E-state index in [2.05, 4.69) is 10.6 Å². The van der Waals surface area contributed by atoms with Crippen LogP contribution in [0.5, 0.6) is 0 Å². The van der Waals surface area contributed by atoms with Gasteiger partial charge >= 0.3 is 0 Å². The van der Waals surface area contributed by atoms with Crippen molar-refractivity contribution in [2.45, 2.75) is 26.7 Å². The Morgan fingerprint density at radius 3 is 1.95 bits per heavy atom. The van der Waals surface area contributed by atoms with E-state index in [1.165, 1.54) is 0 Å². The highest BCUT2D eigenvalue weighted by molar-refractivity contribution is 5.96. The number of hydrogen-bond acceptors (Lipinski definition) is 2. The summed E-state index contributed by atoms with van der Waals surface area (Å²) in [6.07, 6.45) is 0.317. The summed E-state index contributed by atoms with van der Waals surface area (Å²) >= 11 is 0. The van der Waals surface area contributed by atoms with E-state index in [0.717, 1.165) is 22.5 Å². The Kier molecular flexibility index (Phi) is 5.31. The molecular weight excluding hydrogens is 276 g/mol. The summed E-state index contributed by atoms with van der Waals surface area (Å²) in [5, 5.41) is 5.57. The van der Waals surface area contributed by atoms with Crippen molar-refractivity contribution >= 4 is 23.2 Å². The highest BCUT2D eigenvalue weighted by atomic mass is 16.2. The van der Waals surface area contributed by atoms with Crippen LogP contribution in [-0.4, -0.2) is 11.8 Å². The molecule has 114 valence electrons. The van der Waals surface area contributed by atoms with Gasteiger partial charge in [0.2, 0.25) is 11.8 Å². The summed E-state index contributed by atoms with van der Waals surface area (Å²) in [5.74, 6) is -0.326. The predicted molar refractivity (Wildman–Crippen MR) is 88.9 cm³/mol. The number of carbonyl (C=O) groups excluding carboxylic acids is 2. The van der Waals surface area contributed by atoms with Crippen molar-refractivity contribution in [1.82, 2.24) is 0 Å². The average Bonchev–Trinajstić information content (AvgIpc) is 2.48. The van der Waals surface area contributed by atoms with E-state index in [1.807, 2.05) is 62.4 Å². The molecule has 0 heterocycles. The zero-order valence-electron chi connectivity index (χ0n) is 12.8. The molecular formula is C18H20N2O2. The second kappa shape index (κ2) is 7.41. The molecule has 0 aliphatic rings. The maximum Gasteiger partial charge on any atom is 0.224 e. The van der Waals surface area contributed by atoms with Crippen LogP contribution in [0.1, 0.15) is 24.0 Å². The Balaban J connectivity index is 1.78. The zero-order chi connectivity index (χ0) is 15.9. The van der Waals surface area contributed by atoms with E-state index in [1.54, 1.807) is 0 Å². The van der Waals surface area contributed by atoms with E-state index in [0.29, 0.717) is 0 Å². The predicted octanol–water partition coefficient (Wildman–Crippen LogP) is 3.66. The Morgan fingerprint density at radius 1 is 0.773 bits per heavy atom. The summed E-state index contributed by atoms with van der Waals surface area (Å²) < 4.78 is 0. The topological polar surface area (TPSA) is 58.2 Å². The minimum Gasteiger partial charge on any atom is -0.326 e. The molecule has 0 unspecified atom stereocenters. The minimum atomic E-state index is -0.164. The van der Waals surface area contributed by atoms with Crippen LogP contribution >= 0.6 is 0 Å². The molecule has 2 rings (SSSR count). The van der Waals surface area contributed by atoms with Crippen LogP contribution in [0.25, 0.3) is 0 Å². The molecule has 0 aromatic heterocycles. The van der Waals surface area contributed by atoms with Gasteiger partial charge < -0.3 is 10.6 Å². The van der Waals surface area contributed by atoms with Crippen LogP contribution in [0.2, 0.25) is 0 Å². The maximum atomic E-state index is 11.8. The van der Waals surface area contributed by atoms with Crippen LogP contribution in [0.15, 0.2) is 48.5 Å². The maximum absolute atomic E-state index is 11.8. The summed E-state index contributed by atoms with van der Waals surface area (Å²) in [6.45, 7) is 3.95. The van der Waals surface area contributed by atoms with Crippen LogP contribution in [0.3, 0.4) is 0 Å². The number of rotatable bonds is 5. The Morgan fingerprint density at radius 2 is 1.36 bits per heavy atom. The van der Waals surface area contributed by atoms with Crippen LogP contribution < -0.4 is 10.6 Å². The number of aryl methyl sites for hydroxylation is 2. The SMILES string of the molecule is Cc1ccc(NC(=O)CCC(=O)Nc2cccc(C)c2)cc1. The molecule has 22 heavy (non-hydrogen) atoms. The largest absolute Gasteiger partial charge is 0.326 e. The van der Waals surface area contributed by atoms with Gasteiger partial charge in [-0.15, -0.1) is 0 Å². The lowest BCUT2D eigenvalue weighted by atomic mass is 10.2. The average molecular weight is 296 g/mol. The minimum absolute atomic E-state index is 0.158. The molecule has 4 nitrogen and oxygen atoms in total. The highest BCUT2D eigenvalue weighted by Crippen LogP contribution is 2.11. The second-order valence-corrected chi connectivity index (χ2v) is 5.33.